The molecule has 2 heterocycles. The first kappa shape index (κ1) is 22.0. The van der Waals surface area contributed by atoms with Crippen LogP contribution in [0, 0.1) is 0 Å². The molecule has 0 saturated heterocycles. The van der Waals surface area contributed by atoms with Crippen LogP contribution in [0.5, 0.6) is 5.75 Å². The highest BCUT2D eigenvalue weighted by Gasteiger charge is 2.35. The molecule has 0 aliphatic heterocycles. The topological polar surface area (TPSA) is 91.9 Å². The van der Waals surface area contributed by atoms with Gasteiger partial charge >= 0.3 is 6.18 Å². The Balaban J connectivity index is 2.06. The predicted octanol–water partition coefficient (Wildman–Crippen LogP) is 4.80. The normalized spacial score (nSPS) is 12.2. The van der Waals surface area contributed by atoms with Gasteiger partial charge in [0.25, 0.3) is 0 Å². The molecule has 0 radical (unpaired) electrons. The molecule has 0 aliphatic rings. The van der Waals surface area contributed by atoms with Gasteiger partial charge in [-0.25, -0.2) is 0 Å². The van der Waals surface area contributed by atoms with Crippen molar-refractivity contribution in [3.05, 3.63) is 30.0 Å². The molecular formula is C19H23F3N5O2P. The summed E-state index contributed by atoms with van der Waals surface area (Å²) in [5, 5.41) is 6.46. The lowest BCUT2D eigenvalue weighted by Gasteiger charge is -2.15. The molecule has 11 heteroatoms. The number of aromatic amines is 1. The number of hydrogen-bond acceptors (Lipinski definition) is 6. The van der Waals surface area contributed by atoms with E-state index in [9.17, 15) is 17.7 Å². The van der Waals surface area contributed by atoms with Crippen LogP contribution in [0.3, 0.4) is 0 Å². The predicted molar refractivity (Wildman–Crippen MR) is 113 cm³/mol. The number of methoxy groups -OCH3 is 1. The number of nitrogens with zero attached hydrogens (tertiary/aromatic N) is 2. The van der Waals surface area contributed by atoms with Crippen LogP contribution in [-0.4, -0.2) is 41.9 Å². The number of halogens is 3. The van der Waals surface area contributed by atoms with Crippen molar-refractivity contribution in [1.82, 2.24) is 15.0 Å². The number of fused-ring (bicyclic) bond motifs is 1. The van der Waals surface area contributed by atoms with E-state index in [0.29, 0.717) is 29.7 Å². The number of benzene rings is 1. The third-order valence-electron chi connectivity index (χ3n) is 4.43. The fourth-order valence-corrected chi connectivity index (χ4v) is 3.78. The summed E-state index contributed by atoms with van der Waals surface area (Å²) in [5.74, 6) is 0.602. The van der Waals surface area contributed by atoms with Crippen molar-refractivity contribution >= 4 is 40.9 Å². The van der Waals surface area contributed by atoms with Gasteiger partial charge < -0.3 is 24.9 Å². The largest absolute Gasteiger partial charge is 0.495 e. The van der Waals surface area contributed by atoms with E-state index in [-0.39, 0.29) is 22.8 Å². The van der Waals surface area contributed by atoms with Gasteiger partial charge in [-0.3, -0.25) is 0 Å². The Labute approximate surface area is 171 Å². The number of H-pyrrole nitrogens is 1. The molecule has 1 aromatic carbocycles. The Morgan fingerprint density at radius 2 is 1.97 bits per heavy atom. The van der Waals surface area contributed by atoms with Crippen molar-refractivity contribution in [2.75, 3.05) is 37.6 Å². The first-order chi connectivity index (χ1) is 14.0. The number of aromatic nitrogens is 3. The van der Waals surface area contributed by atoms with E-state index in [4.69, 9.17) is 4.74 Å². The van der Waals surface area contributed by atoms with Crippen LogP contribution in [-0.2, 0) is 10.7 Å². The molecule has 3 N–H and O–H groups in total. The number of hydrogen-bond donors (Lipinski definition) is 3. The van der Waals surface area contributed by atoms with Crippen LogP contribution in [0.4, 0.5) is 30.6 Å². The Bertz CT molecular complexity index is 1110. The Hall–Kier alpha value is -2.74. The van der Waals surface area contributed by atoms with Crippen LogP contribution in [0.25, 0.3) is 11.0 Å². The van der Waals surface area contributed by atoms with Gasteiger partial charge in [-0.1, -0.05) is 6.92 Å². The maximum Gasteiger partial charge on any atom is 0.418 e. The van der Waals surface area contributed by atoms with Crippen LogP contribution in [0.15, 0.2) is 24.4 Å². The molecular weight excluding hydrogens is 418 g/mol. The van der Waals surface area contributed by atoms with Crippen molar-refractivity contribution in [3.63, 3.8) is 0 Å². The monoisotopic (exact) mass is 441 g/mol. The van der Waals surface area contributed by atoms with E-state index in [1.165, 1.54) is 7.11 Å². The third kappa shape index (κ3) is 4.53. The summed E-state index contributed by atoms with van der Waals surface area (Å²) in [6.45, 7) is 5.66. The second kappa shape index (κ2) is 8.18. The van der Waals surface area contributed by atoms with Gasteiger partial charge in [-0.05, 0) is 37.9 Å². The molecule has 162 valence electrons. The smallest absolute Gasteiger partial charge is 0.418 e. The minimum atomic E-state index is -4.54. The third-order valence-corrected chi connectivity index (χ3v) is 5.95. The zero-order chi connectivity index (χ0) is 22.1. The number of rotatable bonds is 7. The van der Waals surface area contributed by atoms with Gasteiger partial charge in [-0.2, -0.15) is 23.1 Å². The molecule has 0 aliphatic carbocycles. The van der Waals surface area contributed by atoms with Crippen molar-refractivity contribution in [1.29, 1.82) is 0 Å². The highest BCUT2D eigenvalue weighted by atomic mass is 31.2. The van der Waals surface area contributed by atoms with E-state index in [2.05, 4.69) is 25.6 Å². The van der Waals surface area contributed by atoms with Crippen LogP contribution in [0.1, 0.15) is 18.9 Å². The van der Waals surface area contributed by atoms with Gasteiger partial charge in [0.15, 0.2) is 0 Å². The van der Waals surface area contributed by atoms with Crippen LogP contribution >= 0.6 is 7.14 Å². The summed E-state index contributed by atoms with van der Waals surface area (Å²) in [7, 11) is -1.02. The summed E-state index contributed by atoms with van der Waals surface area (Å²) >= 11 is 0. The average molecular weight is 441 g/mol. The lowest BCUT2D eigenvalue weighted by atomic mass is 10.2. The number of alkyl halides is 3. The minimum Gasteiger partial charge on any atom is -0.495 e. The second-order valence-electron chi connectivity index (χ2n) is 7.11. The SMILES string of the molecule is CCCNc1nc(Nc2ccc(P(C)(C)=O)cc2OC)nc2[nH]cc(C(F)(F)F)c12. The van der Waals surface area contributed by atoms with Gasteiger partial charge in [0.05, 0.1) is 23.7 Å². The van der Waals surface area contributed by atoms with E-state index in [0.717, 1.165) is 6.20 Å². The maximum atomic E-state index is 13.4. The molecule has 0 saturated carbocycles. The van der Waals surface area contributed by atoms with E-state index >= 15 is 0 Å². The molecule has 0 fully saturated rings. The molecule has 3 aromatic rings. The van der Waals surface area contributed by atoms with Crippen molar-refractivity contribution in [3.8, 4) is 5.75 Å². The number of ether oxygens (including phenoxy) is 1. The van der Waals surface area contributed by atoms with Crippen LogP contribution in [0.2, 0.25) is 0 Å². The van der Waals surface area contributed by atoms with Gasteiger partial charge in [0, 0.05) is 18.0 Å². The molecule has 0 spiro atoms. The standard InChI is InChI=1S/C19H23F3N5O2P/c1-5-8-23-16-15-12(19(20,21)22)10-24-17(15)27-18(26-16)25-13-7-6-11(30(3,4)28)9-14(13)29-2/h6-7,9-10H,5,8H2,1-4H3,(H3,23,24,25,26,27). The van der Waals surface area contributed by atoms with Crippen molar-refractivity contribution in [2.24, 2.45) is 0 Å². The van der Waals surface area contributed by atoms with Gasteiger partial charge in [0.1, 0.15) is 24.4 Å². The number of anilines is 3. The second-order valence-corrected chi connectivity index (χ2v) is 10.3. The van der Waals surface area contributed by atoms with Crippen molar-refractivity contribution in [2.45, 2.75) is 19.5 Å². The Kier molecular flexibility index (Phi) is 5.99. The molecule has 30 heavy (non-hydrogen) atoms. The molecule has 2 aromatic heterocycles. The molecule has 0 atom stereocenters. The first-order valence-electron chi connectivity index (χ1n) is 9.25. The average Bonchev–Trinajstić information content (AvgIpc) is 3.10. The highest BCUT2D eigenvalue weighted by Crippen LogP contribution is 2.39. The lowest BCUT2D eigenvalue weighted by Crippen LogP contribution is -2.10. The highest BCUT2D eigenvalue weighted by molar-refractivity contribution is 7.70. The summed E-state index contributed by atoms with van der Waals surface area (Å²) in [5.41, 5.74) is -0.273. The Morgan fingerprint density at radius 3 is 2.57 bits per heavy atom. The molecule has 0 bridgehead atoms. The van der Waals surface area contributed by atoms with E-state index in [1.54, 1.807) is 31.5 Å². The van der Waals surface area contributed by atoms with E-state index < -0.39 is 18.9 Å². The molecule has 7 nitrogen and oxygen atoms in total. The lowest BCUT2D eigenvalue weighted by molar-refractivity contribution is -0.136. The van der Waals surface area contributed by atoms with E-state index in [1.807, 2.05) is 6.92 Å². The fourth-order valence-electron chi connectivity index (χ4n) is 2.92. The van der Waals surface area contributed by atoms with Gasteiger partial charge in [0.2, 0.25) is 5.95 Å². The fraction of sp³-hybridized carbons (Fsp3) is 0.368. The van der Waals surface area contributed by atoms with Crippen molar-refractivity contribution < 1.29 is 22.5 Å². The molecule has 0 unspecified atom stereocenters. The quantitative estimate of drug-likeness (QED) is 0.457. The summed E-state index contributed by atoms with van der Waals surface area (Å²) in [4.78, 5) is 11.0. The summed E-state index contributed by atoms with van der Waals surface area (Å²) in [6, 6.07) is 5.04. The number of nitrogens with one attached hydrogen (secondary N) is 3. The summed E-state index contributed by atoms with van der Waals surface area (Å²) < 4.78 is 57.8. The summed E-state index contributed by atoms with van der Waals surface area (Å²) in [6.07, 6.45) is -2.94. The molecule has 3 rings (SSSR count). The zero-order valence-corrected chi connectivity index (χ0v) is 17.9. The minimum absolute atomic E-state index is 0.0561. The Morgan fingerprint density at radius 1 is 1.23 bits per heavy atom. The zero-order valence-electron chi connectivity index (χ0n) is 17.0. The maximum absolute atomic E-state index is 13.4. The van der Waals surface area contributed by atoms with Crippen LogP contribution < -0.4 is 20.7 Å². The van der Waals surface area contributed by atoms with Gasteiger partial charge in [-0.15, -0.1) is 0 Å². The molecule has 0 amide bonds. The first-order valence-corrected chi connectivity index (χ1v) is 11.9.